The summed E-state index contributed by atoms with van der Waals surface area (Å²) in [5.74, 6) is -0.0544. The van der Waals surface area contributed by atoms with Crippen LogP contribution in [0.1, 0.15) is 15.2 Å². The minimum atomic E-state index is -1.14. The Kier molecular flexibility index (Phi) is 6.36. The molecule has 2 aromatic carbocycles. The number of amides is 1. The molecule has 3 aromatic rings. The van der Waals surface area contributed by atoms with Gasteiger partial charge in [0.05, 0.1) is 19.9 Å². The zero-order valence-electron chi connectivity index (χ0n) is 15.8. The smallest absolute Gasteiger partial charge is 0.412 e. The standard InChI is InChI=1S/C21H19NO6S/c1-26-16-9-8-14(10-17(16)27-2)18-11-15(19(29-18)20(23)24)22-21(25)28-12-13-6-4-3-5-7-13/h3-11H,12H2,1-2H3,(H,22,25)(H,23,24). The Balaban J connectivity index is 1.80. The lowest BCUT2D eigenvalue weighted by Crippen LogP contribution is -2.14. The number of carbonyl (C=O) groups excluding carboxylic acids is 1. The molecule has 150 valence electrons. The fourth-order valence-electron chi connectivity index (χ4n) is 2.64. The average Bonchev–Trinajstić information content (AvgIpc) is 3.16. The number of aromatic carboxylic acids is 1. The van der Waals surface area contributed by atoms with Gasteiger partial charge in [-0.1, -0.05) is 30.3 Å². The van der Waals surface area contributed by atoms with Crippen molar-refractivity contribution in [1.29, 1.82) is 0 Å². The summed E-state index contributed by atoms with van der Waals surface area (Å²) in [7, 11) is 3.06. The summed E-state index contributed by atoms with van der Waals surface area (Å²) in [6.07, 6.45) is -0.729. The zero-order valence-corrected chi connectivity index (χ0v) is 16.6. The number of thiophene rings is 1. The number of benzene rings is 2. The summed E-state index contributed by atoms with van der Waals surface area (Å²) in [5.41, 5.74) is 1.74. The molecule has 8 heteroatoms. The van der Waals surface area contributed by atoms with E-state index in [2.05, 4.69) is 5.32 Å². The maximum atomic E-state index is 12.1. The molecular formula is C21H19NO6S. The first-order chi connectivity index (χ1) is 14.0. The predicted molar refractivity (Wildman–Crippen MR) is 110 cm³/mol. The van der Waals surface area contributed by atoms with Crippen molar-refractivity contribution in [1.82, 2.24) is 0 Å². The van der Waals surface area contributed by atoms with Gasteiger partial charge in [-0.2, -0.15) is 0 Å². The van der Waals surface area contributed by atoms with E-state index in [4.69, 9.17) is 14.2 Å². The predicted octanol–water partition coefficient (Wildman–Crippen LogP) is 4.88. The Morgan fingerprint density at radius 3 is 2.38 bits per heavy atom. The summed E-state index contributed by atoms with van der Waals surface area (Å²) < 4.78 is 15.7. The Bertz CT molecular complexity index is 1020. The fourth-order valence-corrected chi connectivity index (χ4v) is 3.59. The van der Waals surface area contributed by atoms with E-state index in [9.17, 15) is 14.7 Å². The second kappa shape index (κ2) is 9.11. The van der Waals surface area contributed by atoms with E-state index < -0.39 is 12.1 Å². The van der Waals surface area contributed by atoms with Crippen molar-refractivity contribution in [3.8, 4) is 21.9 Å². The van der Waals surface area contributed by atoms with E-state index in [-0.39, 0.29) is 17.2 Å². The Morgan fingerprint density at radius 1 is 1.00 bits per heavy atom. The molecule has 1 amide bonds. The topological polar surface area (TPSA) is 94.1 Å². The number of ether oxygens (including phenoxy) is 3. The van der Waals surface area contributed by atoms with E-state index in [0.717, 1.165) is 22.5 Å². The van der Waals surface area contributed by atoms with Crippen LogP contribution in [0.15, 0.2) is 54.6 Å². The van der Waals surface area contributed by atoms with Gasteiger partial charge >= 0.3 is 12.1 Å². The molecule has 0 aliphatic rings. The molecule has 0 fully saturated rings. The van der Waals surface area contributed by atoms with Crippen molar-refractivity contribution in [2.75, 3.05) is 19.5 Å². The molecule has 0 radical (unpaired) electrons. The first kappa shape index (κ1) is 20.2. The number of hydrogen-bond donors (Lipinski definition) is 2. The molecule has 0 saturated heterocycles. The molecule has 0 atom stereocenters. The van der Waals surface area contributed by atoms with Gasteiger partial charge in [0.25, 0.3) is 0 Å². The van der Waals surface area contributed by atoms with Crippen LogP contribution in [0.2, 0.25) is 0 Å². The maximum absolute atomic E-state index is 12.1. The number of hydrogen-bond acceptors (Lipinski definition) is 6. The number of methoxy groups -OCH3 is 2. The minimum absolute atomic E-state index is 0.00597. The molecule has 0 unspecified atom stereocenters. The van der Waals surface area contributed by atoms with Crippen LogP contribution in [-0.2, 0) is 11.3 Å². The minimum Gasteiger partial charge on any atom is -0.493 e. The Labute approximate surface area is 171 Å². The van der Waals surface area contributed by atoms with E-state index >= 15 is 0 Å². The van der Waals surface area contributed by atoms with Crippen LogP contribution in [0.3, 0.4) is 0 Å². The molecule has 0 saturated carbocycles. The number of nitrogens with one attached hydrogen (secondary N) is 1. The lowest BCUT2D eigenvalue weighted by Gasteiger charge is -2.08. The molecule has 0 aliphatic heterocycles. The summed E-state index contributed by atoms with van der Waals surface area (Å²) in [6, 6.07) is 16.1. The normalized spacial score (nSPS) is 10.3. The molecule has 0 bridgehead atoms. The van der Waals surface area contributed by atoms with Gasteiger partial charge in [0, 0.05) is 4.88 Å². The molecule has 0 spiro atoms. The average molecular weight is 413 g/mol. The fraction of sp³-hybridized carbons (Fsp3) is 0.143. The third-order valence-electron chi connectivity index (χ3n) is 4.04. The lowest BCUT2D eigenvalue weighted by molar-refractivity contribution is 0.0703. The molecule has 2 N–H and O–H groups in total. The summed E-state index contributed by atoms with van der Waals surface area (Å²) in [6.45, 7) is 0.0851. The molecule has 3 rings (SSSR count). The van der Waals surface area contributed by atoms with Gasteiger partial charge in [-0.25, -0.2) is 9.59 Å². The monoisotopic (exact) mass is 413 g/mol. The van der Waals surface area contributed by atoms with Crippen molar-refractivity contribution >= 4 is 29.1 Å². The highest BCUT2D eigenvalue weighted by Gasteiger charge is 2.19. The van der Waals surface area contributed by atoms with Gasteiger partial charge < -0.3 is 19.3 Å². The SMILES string of the molecule is COc1ccc(-c2cc(NC(=O)OCc3ccccc3)c(C(=O)O)s2)cc1OC. The summed E-state index contributed by atoms with van der Waals surface area (Å²) >= 11 is 1.04. The van der Waals surface area contributed by atoms with Gasteiger partial charge in [-0.3, -0.25) is 5.32 Å². The third-order valence-corrected chi connectivity index (χ3v) is 5.22. The van der Waals surface area contributed by atoms with Crippen LogP contribution in [0.5, 0.6) is 11.5 Å². The van der Waals surface area contributed by atoms with E-state index in [1.54, 1.807) is 24.3 Å². The molecule has 29 heavy (non-hydrogen) atoms. The number of carboxylic acid groups (broad SMARTS) is 1. The Morgan fingerprint density at radius 2 is 1.72 bits per heavy atom. The molecule has 7 nitrogen and oxygen atoms in total. The van der Waals surface area contributed by atoms with E-state index in [0.29, 0.717) is 16.4 Å². The maximum Gasteiger partial charge on any atom is 0.412 e. The van der Waals surface area contributed by atoms with Crippen molar-refractivity contribution in [2.45, 2.75) is 6.61 Å². The summed E-state index contributed by atoms with van der Waals surface area (Å²) in [5, 5.41) is 12.0. The first-order valence-corrected chi connectivity index (χ1v) is 9.40. The second-order valence-corrected chi connectivity index (χ2v) is 6.97. The van der Waals surface area contributed by atoms with Gasteiger partial charge in [0.15, 0.2) is 11.5 Å². The molecule has 0 aliphatic carbocycles. The van der Waals surface area contributed by atoms with Crippen molar-refractivity contribution in [3.63, 3.8) is 0 Å². The van der Waals surface area contributed by atoms with E-state index in [1.807, 2.05) is 30.3 Å². The van der Waals surface area contributed by atoms with E-state index in [1.165, 1.54) is 14.2 Å². The summed E-state index contributed by atoms with van der Waals surface area (Å²) in [4.78, 5) is 24.4. The highest BCUT2D eigenvalue weighted by atomic mass is 32.1. The van der Waals surface area contributed by atoms with Crippen molar-refractivity contribution in [2.24, 2.45) is 0 Å². The van der Waals surface area contributed by atoms with Gasteiger partial charge in [0.1, 0.15) is 11.5 Å². The highest BCUT2D eigenvalue weighted by molar-refractivity contribution is 7.18. The van der Waals surface area contributed by atoms with Gasteiger partial charge in [0.2, 0.25) is 0 Å². The van der Waals surface area contributed by atoms with Crippen LogP contribution in [-0.4, -0.2) is 31.4 Å². The van der Waals surface area contributed by atoms with Crippen LogP contribution >= 0.6 is 11.3 Å². The van der Waals surface area contributed by atoms with Crippen LogP contribution in [0, 0.1) is 0 Å². The van der Waals surface area contributed by atoms with Crippen LogP contribution in [0.4, 0.5) is 10.5 Å². The van der Waals surface area contributed by atoms with Gasteiger partial charge in [-0.05, 0) is 35.4 Å². The van der Waals surface area contributed by atoms with Crippen LogP contribution < -0.4 is 14.8 Å². The van der Waals surface area contributed by atoms with Crippen molar-refractivity contribution in [3.05, 3.63) is 65.0 Å². The third kappa shape index (κ3) is 4.85. The molecular weight excluding hydrogens is 394 g/mol. The number of anilines is 1. The van der Waals surface area contributed by atoms with Crippen molar-refractivity contribution < 1.29 is 28.9 Å². The largest absolute Gasteiger partial charge is 0.493 e. The number of rotatable bonds is 7. The first-order valence-electron chi connectivity index (χ1n) is 8.59. The quantitative estimate of drug-likeness (QED) is 0.573. The van der Waals surface area contributed by atoms with Gasteiger partial charge in [-0.15, -0.1) is 11.3 Å². The number of carboxylic acids is 1. The molecule has 1 heterocycles. The highest BCUT2D eigenvalue weighted by Crippen LogP contribution is 2.38. The molecule has 1 aromatic heterocycles. The zero-order chi connectivity index (χ0) is 20.8. The number of carbonyl (C=O) groups is 2. The second-order valence-electron chi connectivity index (χ2n) is 5.92. The lowest BCUT2D eigenvalue weighted by atomic mass is 10.1. The Hall–Kier alpha value is -3.52. The van der Waals surface area contributed by atoms with Crippen LogP contribution in [0.25, 0.3) is 10.4 Å².